The van der Waals surface area contributed by atoms with Gasteiger partial charge in [0.1, 0.15) is 0 Å². The van der Waals surface area contributed by atoms with Crippen molar-refractivity contribution in [1.29, 1.82) is 0 Å². The Hall–Kier alpha value is -1.52. The smallest absolute Gasteiger partial charge is 0.312 e. The van der Waals surface area contributed by atoms with E-state index in [1.54, 1.807) is 4.90 Å². The van der Waals surface area contributed by atoms with Crippen LogP contribution in [0.25, 0.3) is 0 Å². The minimum atomic E-state index is -0.666. The SMILES string of the molecule is NC(=O)NCC(=O)N1CC=CCC1. The topological polar surface area (TPSA) is 75.4 Å². The molecule has 0 aromatic carbocycles. The molecule has 0 aromatic heterocycles. The van der Waals surface area contributed by atoms with E-state index in [0.29, 0.717) is 6.54 Å². The number of primary amides is 1. The van der Waals surface area contributed by atoms with Crippen molar-refractivity contribution in [3.05, 3.63) is 12.2 Å². The van der Waals surface area contributed by atoms with Crippen molar-refractivity contribution in [2.24, 2.45) is 5.73 Å². The molecular formula is C8H13N3O2. The second kappa shape index (κ2) is 4.49. The average molecular weight is 183 g/mol. The van der Waals surface area contributed by atoms with Crippen molar-refractivity contribution in [3.8, 4) is 0 Å². The van der Waals surface area contributed by atoms with Gasteiger partial charge in [0.25, 0.3) is 0 Å². The van der Waals surface area contributed by atoms with E-state index in [1.807, 2.05) is 12.2 Å². The van der Waals surface area contributed by atoms with Gasteiger partial charge in [-0.15, -0.1) is 0 Å². The summed E-state index contributed by atoms with van der Waals surface area (Å²) in [4.78, 5) is 23.3. The van der Waals surface area contributed by atoms with Gasteiger partial charge < -0.3 is 16.0 Å². The van der Waals surface area contributed by atoms with Gasteiger partial charge >= 0.3 is 6.03 Å². The van der Waals surface area contributed by atoms with E-state index < -0.39 is 6.03 Å². The lowest BCUT2D eigenvalue weighted by Crippen LogP contribution is -2.43. The quantitative estimate of drug-likeness (QED) is 0.563. The average Bonchev–Trinajstić information content (AvgIpc) is 2.15. The molecule has 1 rings (SSSR count). The van der Waals surface area contributed by atoms with E-state index in [4.69, 9.17) is 5.73 Å². The first-order valence-electron chi connectivity index (χ1n) is 4.16. The van der Waals surface area contributed by atoms with E-state index in [2.05, 4.69) is 5.32 Å². The molecule has 0 saturated carbocycles. The highest BCUT2D eigenvalue weighted by atomic mass is 16.2. The first-order valence-corrected chi connectivity index (χ1v) is 4.16. The zero-order valence-corrected chi connectivity index (χ0v) is 7.32. The lowest BCUT2D eigenvalue weighted by atomic mass is 10.2. The maximum atomic E-state index is 11.3. The number of hydrogen-bond acceptors (Lipinski definition) is 2. The van der Waals surface area contributed by atoms with Gasteiger partial charge in [-0.2, -0.15) is 0 Å². The van der Waals surface area contributed by atoms with Gasteiger partial charge in [-0.25, -0.2) is 4.79 Å². The van der Waals surface area contributed by atoms with Crippen LogP contribution >= 0.6 is 0 Å². The van der Waals surface area contributed by atoms with Crippen LogP contribution < -0.4 is 11.1 Å². The van der Waals surface area contributed by atoms with Gasteiger partial charge in [0.15, 0.2) is 0 Å². The van der Waals surface area contributed by atoms with Gasteiger partial charge in [0.05, 0.1) is 6.54 Å². The fourth-order valence-electron chi connectivity index (χ4n) is 1.14. The molecule has 0 unspecified atom stereocenters. The summed E-state index contributed by atoms with van der Waals surface area (Å²) in [6.45, 7) is 1.33. The standard InChI is InChI=1S/C8H13N3O2/c9-8(13)10-6-7(12)11-4-2-1-3-5-11/h1-2H,3-6H2,(H3,9,10,13). The number of hydrogen-bond donors (Lipinski definition) is 2. The summed E-state index contributed by atoms with van der Waals surface area (Å²) in [7, 11) is 0. The molecule has 5 heteroatoms. The highest BCUT2D eigenvalue weighted by Crippen LogP contribution is 2.00. The van der Waals surface area contributed by atoms with Crippen LogP contribution in [0.2, 0.25) is 0 Å². The van der Waals surface area contributed by atoms with E-state index in [0.717, 1.165) is 13.0 Å². The van der Waals surface area contributed by atoms with Crippen LogP contribution in [0.5, 0.6) is 0 Å². The normalized spacial score (nSPS) is 15.5. The Morgan fingerprint density at radius 1 is 1.46 bits per heavy atom. The Kier molecular flexibility index (Phi) is 3.31. The number of amides is 3. The summed E-state index contributed by atoms with van der Waals surface area (Å²) in [5.41, 5.74) is 4.84. The molecule has 0 aliphatic carbocycles. The summed E-state index contributed by atoms with van der Waals surface area (Å²) < 4.78 is 0. The maximum Gasteiger partial charge on any atom is 0.312 e. The number of carbonyl (C=O) groups is 2. The summed E-state index contributed by atoms with van der Waals surface area (Å²) in [5.74, 6) is -0.0943. The number of nitrogens with two attached hydrogens (primary N) is 1. The molecule has 5 nitrogen and oxygen atoms in total. The molecule has 0 atom stereocenters. The highest BCUT2D eigenvalue weighted by molar-refractivity contribution is 5.83. The molecule has 13 heavy (non-hydrogen) atoms. The van der Waals surface area contributed by atoms with Gasteiger partial charge in [0.2, 0.25) is 5.91 Å². The largest absolute Gasteiger partial charge is 0.352 e. The van der Waals surface area contributed by atoms with Crippen LogP contribution in [0.3, 0.4) is 0 Å². The van der Waals surface area contributed by atoms with Gasteiger partial charge in [-0.3, -0.25) is 4.79 Å². The van der Waals surface area contributed by atoms with Crippen LogP contribution in [-0.4, -0.2) is 36.5 Å². The first-order chi connectivity index (χ1) is 6.20. The Bertz CT molecular complexity index is 238. The van der Waals surface area contributed by atoms with E-state index in [1.165, 1.54) is 0 Å². The third kappa shape index (κ3) is 3.14. The van der Waals surface area contributed by atoms with Crippen LogP contribution in [0.4, 0.5) is 4.79 Å². The Balaban J connectivity index is 2.30. The predicted molar refractivity (Wildman–Crippen MR) is 47.9 cm³/mol. The molecule has 0 fully saturated rings. The van der Waals surface area contributed by atoms with Crippen LogP contribution in [0, 0.1) is 0 Å². The minimum absolute atomic E-state index is 0.0107. The summed E-state index contributed by atoms with van der Waals surface area (Å²) in [5, 5.41) is 2.27. The monoisotopic (exact) mass is 183 g/mol. The van der Waals surface area contributed by atoms with E-state index in [-0.39, 0.29) is 12.5 Å². The fourth-order valence-corrected chi connectivity index (χ4v) is 1.14. The fraction of sp³-hybridized carbons (Fsp3) is 0.500. The number of carbonyl (C=O) groups excluding carboxylic acids is 2. The van der Waals surface area contributed by atoms with Gasteiger partial charge in [-0.1, -0.05) is 12.2 Å². The van der Waals surface area contributed by atoms with Gasteiger partial charge in [0, 0.05) is 13.1 Å². The van der Waals surface area contributed by atoms with Crippen molar-refractivity contribution in [1.82, 2.24) is 10.2 Å². The number of rotatable bonds is 2. The molecule has 3 amide bonds. The molecular weight excluding hydrogens is 170 g/mol. The third-order valence-electron chi connectivity index (χ3n) is 1.82. The molecule has 1 aliphatic rings. The zero-order valence-electron chi connectivity index (χ0n) is 7.32. The molecule has 3 N–H and O–H groups in total. The van der Waals surface area contributed by atoms with Crippen LogP contribution in [0.1, 0.15) is 6.42 Å². The molecule has 0 aromatic rings. The Labute approximate surface area is 76.6 Å². The molecule has 0 spiro atoms. The highest BCUT2D eigenvalue weighted by Gasteiger charge is 2.13. The van der Waals surface area contributed by atoms with Crippen molar-refractivity contribution in [2.45, 2.75) is 6.42 Å². The minimum Gasteiger partial charge on any atom is -0.352 e. The molecule has 0 saturated heterocycles. The van der Waals surface area contributed by atoms with Crippen LogP contribution in [0.15, 0.2) is 12.2 Å². The second-order valence-corrected chi connectivity index (χ2v) is 2.82. The lowest BCUT2D eigenvalue weighted by Gasteiger charge is -2.23. The number of nitrogens with zero attached hydrogens (tertiary/aromatic N) is 1. The van der Waals surface area contributed by atoms with Crippen molar-refractivity contribution < 1.29 is 9.59 Å². The second-order valence-electron chi connectivity index (χ2n) is 2.82. The molecule has 1 heterocycles. The molecule has 72 valence electrons. The maximum absolute atomic E-state index is 11.3. The van der Waals surface area contributed by atoms with Crippen LogP contribution in [-0.2, 0) is 4.79 Å². The summed E-state index contributed by atoms with van der Waals surface area (Å²) in [6.07, 6.45) is 4.85. The zero-order chi connectivity index (χ0) is 9.68. The van der Waals surface area contributed by atoms with E-state index in [9.17, 15) is 9.59 Å². The Morgan fingerprint density at radius 2 is 2.23 bits per heavy atom. The first kappa shape index (κ1) is 9.57. The number of urea groups is 1. The van der Waals surface area contributed by atoms with Crippen molar-refractivity contribution in [3.63, 3.8) is 0 Å². The Morgan fingerprint density at radius 3 is 2.77 bits per heavy atom. The molecule has 1 aliphatic heterocycles. The lowest BCUT2D eigenvalue weighted by molar-refractivity contribution is -0.129. The predicted octanol–water partition coefficient (Wildman–Crippen LogP) is -0.557. The molecule has 0 bridgehead atoms. The summed E-state index contributed by atoms with van der Waals surface area (Å²) in [6, 6.07) is -0.666. The number of nitrogens with one attached hydrogen (secondary N) is 1. The summed E-state index contributed by atoms with van der Waals surface area (Å²) >= 11 is 0. The third-order valence-corrected chi connectivity index (χ3v) is 1.82. The van der Waals surface area contributed by atoms with E-state index >= 15 is 0 Å². The van der Waals surface area contributed by atoms with Crippen molar-refractivity contribution >= 4 is 11.9 Å². The molecule has 0 radical (unpaired) electrons. The van der Waals surface area contributed by atoms with Gasteiger partial charge in [-0.05, 0) is 6.42 Å². The van der Waals surface area contributed by atoms with Crippen molar-refractivity contribution in [2.75, 3.05) is 19.6 Å².